The number of benzene rings is 2. The Hall–Kier alpha value is -3.55. The molecule has 0 amide bonds. The van der Waals surface area contributed by atoms with Gasteiger partial charge < -0.3 is 14.6 Å². The van der Waals surface area contributed by atoms with Gasteiger partial charge in [0.25, 0.3) is 0 Å². The van der Waals surface area contributed by atoms with Crippen LogP contribution in [-0.2, 0) is 0 Å². The van der Waals surface area contributed by atoms with E-state index in [-0.39, 0.29) is 23.2 Å². The summed E-state index contributed by atoms with van der Waals surface area (Å²) in [7, 11) is 1.53. The summed E-state index contributed by atoms with van der Waals surface area (Å²) in [5, 5.41) is 3.00. The number of methoxy groups -OCH3 is 1. The van der Waals surface area contributed by atoms with Crippen LogP contribution in [0.1, 0.15) is 25.7 Å². The maximum absolute atomic E-state index is 14.8. The van der Waals surface area contributed by atoms with E-state index in [1.165, 1.54) is 13.2 Å². The van der Waals surface area contributed by atoms with Crippen molar-refractivity contribution in [2.45, 2.75) is 26.8 Å². The molecule has 0 aliphatic rings. The van der Waals surface area contributed by atoms with Gasteiger partial charge in [0.05, 0.1) is 24.5 Å². The van der Waals surface area contributed by atoms with E-state index in [9.17, 15) is 8.78 Å². The number of nitrogens with one attached hydrogen (secondary N) is 1. The van der Waals surface area contributed by atoms with Gasteiger partial charge in [-0.15, -0.1) is 0 Å². The molecule has 0 fully saturated rings. The highest BCUT2D eigenvalue weighted by Gasteiger charge is 2.18. The average molecular weight is 408 g/mol. The maximum atomic E-state index is 14.8. The molecule has 153 valence electrons. The Morgan fingerprint density at radius 1 is 1.17 bits per heavy atom. The predicted octanol–water partition coefficient (Wildman–Crippen LogP) is 5.21. The van der Waals surface area contributed by atoms with Crippen molar-refractivity contribution in [2.24, 2.45) is 0 Å². The van der Waals surface area contributed by atoms with E-state index in [0.717, 1.165) is 6.20 Å². The number of fused-ring (bicyclic) bond motifs is 1. The molecule has 0 bridgehead atoms. The monoisotopic (exact) mass is 408 g/mol. The lowest BCUT2D eigenvalue weighted by molar-refractivity contribution is 0.416. The molecule has 1 N–H and O–H groups in total. The molecule has 0 spiro atoms. The Balaban J connectivity index is 1.82. The van der Waals surface area contributed by atoms with Crippen LogP contribution in [0.5, 0.6) is 5.75 Å². The first-order valence-electron chi connectivity index (χ1n) is 9.41. The highest BCUT2D eigenvalue weighted by atomic mass is 19.1. The molecule has 0 unspecified atom stereocenters. The van der Waals surface area contributed by atoms with Crippen LogP contribution in [0, 0.1) is 24.6 Å². The molecule has 8 heteroatoms. The van der Waals surface area contributed by atoms with Crippen molar-refractivity contribution >= 4 is 22.7 Å². The normalized spacial score (nSPS) is 11.3. The second-order valence-corrected chi connectivity index (χ2v) is 7.09. The van der Waals surface area contributed by atoms with Crippen molar-refractivity contribution in [1.82, 2.24) is 19.5 Å². The number of ether oxygens (including phenoxy) is 1. The van der Waals surface area contributed by atoms with Crippen molar-refractivity contribution in [3.8, 4) is 17.0 Å². The molecule has 6 nitrogen and oxygen atoms in total. The van der Waals surface area contributed by atoms with Gasteiger partial charge in [-0.05, 0) is 51.1 Å². The van der Waals surface area contributed by atoms with E-state index in [1.54, 1.807) is 24.3 Å². The highest BCUT2D eigenvalue weighted by molar-refractivity contribution is 5.83. The van der Waals surface area contributed by atoms with E-state index in [0.29, 0.717) is 28.3 Å². The van der Waals surface area contributed by atoms with Crippen LogP contribution in [0.2, 0.25) is 0 Å². The highest BCUT2D eigenvalue weighted by Crippen LogP contribution is 2.31. The van der Waals surface area contributed by atoms with Crippen LogP contribution >= 0.6 is 0 Å². The van der Waals surface area contributed by atoms with E-state index >= 15 is 0 Å². The summed E-state index contributed by atoms with van der Waals surface area (Å²) in [6, 6.07) is 11.0. The zero-order valence-corrected chi connectivity index (χ0v) is 17.0. The average Bonchev–Trinajstić information content (AvgIpc) is 3.06. The predicted molar refractivity (Wildman–Crippen MR) is 111 cm³/mol. The van der Waals surface area contributed by atoms with E-state index in [2.05, 4.69) is 26.3 Å². The number of halogens is 2. The Morgan fingerprint density at radius 3 is 2.70 bits per heavy atom. The molecule has 0 aliphatic carbocycles. The summed E-state index contributed by atoms with van der Waals surface area (Å²) in [5.74, 6) is 0.202. The standard InChI is InChI=1S/C22H20F2N5O/c1-12(2)29-13(3)26-21-15(23)9-14(10-18(21)29)20-16(24)11-25-22(28-20)27-17-7-5-6-8-19(17)30-4/h5,7-12H,1-4H3,(H,25,27,28). The van der Waals surface area contributed by atoms with Crippen LogP contribution in [0.25, 0.3) is 22.3 Å². The van der Waals surface area contributed by atoms with Crippen molar-refractivity contribution in [3.05, 3.63) is 60.1 Å². The van der Waals surface area contributed by atoms with Gasteiger partial charge in [0.2, 0.25) is 5.95 Å². The Labute approximate surface area is 172 Å². The summed E-state index contributed by atoms with van der Waals surface area (Å²) in [5.41, 5.74) is 1.74. The van der Waals surface area contributed by atoms with Gasteiger partial charge in [0, 0.05) is 11.6 Å². The number of anilines is 2. The Bertz CT molecular complexity index is 1240. The maximum Gasteiger partial charge on any atom is 0.228 e. The topological polar surface area (TPSA) is 64.9 Å². The third-order valence-electron chi connectivity index (χ3n) is 4.75. The van der Waals surface area contributed by atoms with Crippen LogP contribution in [0.4, 0.5) is 20.4 Å². The summed E-state index contributed by atoms with van der Waals surface area (Å²) < 4.78 is 36.6. The van der Waals surface area contributed by atoms with E-state index in [1.807, 2.05) is 25.3 Å². The molecule has 2 heterocycles. The lowest BCUT2D eigenvalue weighted by Gasteiger charge is -2.13. The molecule has 0 aliphatic heterocycles. The number of aromatic nitrogens is 4. The zero-order chi connectivity index (χ0) is 21.4. The quantitative estimate of drug-likeness (QED) is 0.491. The summed E-state index contributed by atoms with van der Waals surface area (Å²) in [4.78, 5) is 12.6. The first-order chi connectivity index (χ1) is 14.4. The van der Waals surface area contributed by atoms with Crippen LogP contribution in [0.15, 0.2) is 36.5 Å². The number of aryl methyl sites for hydroxylation is 1. The van der Waals surface area contributed by atoms with Gasteiger partial charge in [0.1, 0.15) is 22.8 Å². The fourth-order valence-corrected chi connectivity index (χ4v) is 3.49. The van der Waals surface area contributed by atoms with Crippen molar-refractivity contribution < 1.29 is 13.5 Å². The van der Waals surface area contributed by atoms with Crippen LogP contribution < -0.4 is 10.1 Å². The van der Waals surface area contributed by atoms with Gasteiger partial charge in [-0.2, -0.15) is 0 Å². The summed E-state index contributed by atoms with van der Waals surface area (Å²) >= 11 is 0. The smallest absolute Gasteiger partial charge is 0.228 e. The molecule has 0 atom stereocenters. The largest absolute Gasteiger partial charge is 0.495 e. The van der Waals surface area contributed by atoms with Crippen molar-refractivity contribution in [3.63, 3.8) is 0 Å². The Morgan fingerprint density at radius 2 is 1.97 bits per heavy atom. The van der Waals surface area contributed by atoms with Crippen LogP contribution in [0.3, 0.4) is 0 Å². The minimum Gasteiger partial charge on any atom is -0.495 e. The fourth-order valence-electron chi connectivity index (χ4n) is 3.49. The first-order valence-corrected chi connectivity index (χ1v) is 9.41. The van der Waals surface area contributed by atoms with Gasteiger partial charge in [-0.1, -0.05) is 6.07 Å². The molecule has 1 radical (unpaired) electrons. The molecule has 4 aromatic rings. The number of imidazole rings is 1. The fraction of sp³-hybridized carbons (Fsp3) is 0.227. The third-order valence-corrected chi connectivity index (χ3v) is 4.75. The SMILES string of the molecule is COc1c[c]ccc1Nc1ncc(F)c(-c2cc(F)c3nc(C)n(C(C)C)c3c2)n1. The van der Waals surface area contributed by atoms with Gasteiger partial charge >= 0.3 is 0 Å². The van der Waals surface area contributed by atoms with Gasteiger partial charge in [-0.3, -0.25) is 0 Å². The van der Waals surface area contributed by atoms with Gasteiger partial charge in [0.15, 0.2) is 11.6 Å². The second kappa shape index (κ2) is 7.70. The molecule has 2 aromatic carbocycles. The minimum atomic E-state index is -0.653. The second-order valence-electron chi connectivity index (χ2n) is 7.09. The van der Waals surface area contributed by atoms with Crippen molar-refractivity contribution in [1.29, 1.82) is 0 Å². The molecule has 2 aromatic heterocycles. The van der Waals surface area contributed by atoms with E-state index < -0.39 is 11.6 Å². The molecule has 4 rings (SSSR count). The summed E-state index contributed by atoms with van der Waals surface area (Å²) in [6.07, 6.45) is 1.05. The third kappa shape index (κ3) is 3.45. The lowest BCUT2D eigenvalue weighted by atomic mass is 10.1. The van der Waals surface area contributed by atoms with E-state index in [4.69, 9.17) is 4.74 Å². The summed E-state index contributed by atoms with van der Waals surface area (Å²) in [6.45, 7) is 5.78. The number of hydrogen-bond donors (Lipinski definition) is 1. The number of rotatable bonds is 5. The minimum absolute atomic E-state index is 0.0103. The molecule has 0 saturated heterocycles. The lowest BCUT2D eigenvalue weighted by Crippen LogP contribution is -2.04. The molecular formula is C22H20F2N5O. The number of hydrogen-bond acceptors (Lipinski definition) is 5. The molecule has 30 heavy (non-hydrogen) atoms. The van der Waals surface area contributed by atoms with Crippen molar-refractivity contribution in [2.75, 3.05) is 12.4 Å². The van der Waals surface area contributed by atoms with Crippen LogP contribution in [-0.4, -0.2) is 26.6 Å². The molecular weight excluding hydrogens is 388 g/mol. The first kappa shape index (κ1) is 19.8. The Kier molecular flexibility index (Phi) is 5.07. The van der Waals surface area contributed by atoms with Gasteiger partial charge in [-0.25, -0.2) is 23.7 Å². The zero-order valence-electron chi connectivity index (χ0n) is 17.0. The number of nitrogens with zero attached hydrogens (tertiary/aromatic N) is 4. The molecule has 0 saturated carbocycles.